The molecule has 0 radical (unpaired) electrons. The molecule has 2 heterocycles. The van der Waals surface area contributed by atoms with Gasteiger partial charge in [-0.1, -0.05) is 32.9 Å². The smallest absolute Gasteiger partial charge is 0.191 e. The van der Waals surface area contributed by atoms with Crippen molar-refractivity contribution in [2.24, 2.45) is 10.9 Å². The summed E-state index contributed by atoms with van der Waals surface area (Å²) in [4.78, 5) is 8.69. The van der Waals surface area contributed by atoms with E-state index >= 15 is 0 Å². The second-order valence-corrected chi connectivity index (χ2v) is 6.90. The average molecular weight is 361 g/mol. The Hall–Kier alpha value is -2.31. The SMILES string of the molecule is CCC(CC)c1cc(CNC(=NC)NCc2nccn2CC(C)C)on1. The fourth-order valence-corrected chi connectivity index (χ4v) is 2.93. The van der Waals surface area contributed by atoms with Crippen molar-refractivity contribution in [2.45, 2.75) is 66.1 Å². The van der Waals surface area contributed by atoms with Gasteiger partial charge in [0.05, 0.1) is 18.8 Å². The molecule has 7 nitrogen and oxygen atoms in total. The number of imidazole rings is 1. The quantitative estimate of drug-likeness (QED) is 0.530. The first-order valence-corrected chi connectivity index (χ1v) is 9.47. The van der Waals surface area contributed by atoms with E-state index in [9.17, 15) is 0 Å². The van der Waals surface area contributed by atoms with E-state index in [4.69, 9.17) is 4.52 Å². The zero-order valence-corrected chi connectivity index (χ0v) is 16.6. The molecule has 0 fully saturated rings. The van der Waals surface area contributed by atoms with Crippen LogP contribution in [0.4, 0.5) is 0 Å². The monoisotopic (exact) mass is 360 g/mol. The van der Waals surface area contributed by atoms with Crippen molar-refractivity contribution in [3.8, 4) is 0 Å². The van der Waals surface area contributed by atoms with Crippen LogP contribution in [0.15, 0.2) is 28.0 Å². The molecule has 0 saturated heterocycles. The predicted molar refractivity (Wildman–Crippen MR) is 104 cm³/mol. The average Bonchev–Trinajstić information content (AvgIpc) is 3.26. The number of aromatic nitrogens is 3. The maximum absolute atomic E-state index is 5.45. The number of hydrogen-bond acceptors (Lipinski definition) is 4. The topological polar surface area (TPSA) is 80.3 Å². The Labute approximate surface area is 156 Å². The minimum absolute atomic E-state index is 0.463. The standard InChI is InChI=1S/C19H32N6O/c1-6-15(7-2)17-10-16(26-24-17)11-22-19(20-5)23-12-18-21-8-9-25(18)13-14(3)4/h8-10,14-15H,6-7,11-13H2,1-5H3,(H2,20,22,23). The molecule has 0 unspecified atom stereocenters. The molecule has 0 aromatic carbocycles. The molecule has 0 aliphatic heterocycles. The summed E-state index contributed by atoms with van der Waals surface area (Å²) in [5, 5.41) is 10.8. The fourth-order valence-electron chi connectivity index (χ4n) is 2.93. The van der Waals surface area contributed by atoms with E-state index in [0.29, 0.717) is 30.9 Å². The maximum atomic E-state index is 5.45. The van der Waals surface area contributed by atoms with Gasteiger partial charge in [-0.25, -0.2) is 4.98 Å². The Kier molecular flexibility index (Phi) is 7.69. The highest BCUT2D eigenvalue weighted by molar-refractivity contribution is 5.79. The summed E-state index contributed by atoms with van der Waals surface area (Å²) in [6, 6.07) is 2.04. The van der Waals surface area contributed by atoms with Gasteiger partial charge in [0.15, 0.2) is 11.7 Å². The van der Waals surface area contributed by atoms with Gasteiger partial charge in [0.1, 0.15) is 5.82 Å². The van der Waals surface area contributed by atoms with Crippen molar-refractivity contribution in [1.82, 2.24) is 25.3 Å². The number of hydrogen-bond donors (Lipinski definition) is 2. The Balaban J connectivity index is 1.86. The molecule has 2 N–H and O–H groups in total. The maximum Gasteiger partial charge on any atom is 0.191 e. The van der Waals surface area contributed by atoms with Crippen molar-refractivity contribution in [3.63, 3.8) is 0 Å². The third-order valence-corrected chi connectivity index (χ3v) is 4.41. The predicted octanol–water partition coefficient (Wildman–Crippen LogP) is 3.30. The summed E-state index contributed by atoms with van der Waals surface area (Å²) in [5.41, 5.74) is 1.03. The van der Waals surface area contributed by atoms with E-state index in [1.54, 1.807) is 7.05 Å². The van der Waals surface area contributed by atoms with E-state index in [0.717, 1.165) is 36.7 Å². The van der Waals surface area contributed by atoms with Crippen molar-refractivity contribution >= 4 is 5.96 Å². The van der Waals surface area contributed by atoms with Gasteiger partial charge in [-0.05, 0) is 18.8 Å². The molecular formula is C19H32N6O. The van der Waals surface area contributed by atoms with Crippen LogP contribution in [0.2, 0.25) is 0 Å². The van der Waals surface area contributed by atoms with Crippen LogP contribution < -0.4 is 10.6 Å². The summed E-state index contributed by atoms with van der Waals surface area (Å²) >= 11 is 0. The zero-order chi connectivity index (χ0) is 18.9. The number of guanidine groups is 1. The molecule has 2 aromatic rings. The molecule has 2 rings (SSSR count). The first-order valence-electron chi connectivity index (χ1n) is 9.47. The van der Waals surface area contributed by atoms with Crippen molar-refractivity contribution in [1.29, 1.82) is 0 Å². The summed E-state index contributed by atoms with van der Waals surface area (Å²) in [5.74, 6) is 3.57. The molecule has 0 aliphatic rings. The lowest BCUT2D eigenvalue weighted by Gasteiger charge is -2.13. The number of nitrogens with zero attached hydrogens (tertiary/aromatic N) is 4. The zero-order valence-electron chi connectivity index (χ0n) is 16.6. The summed E-state index contributed by atoms with van der Waals surface area (Å²) in [6.45, 7) is 10.9. The molecule has 144 valence electrons. The highest BCUT2D eigenvalue weighted by Crippen LogP contribution is 2.22. The normalized spacial score (nSPS) is 12.2. The van der Waals surface area contributed by atoms with Gasteiger partial charge in [-0.2, -0.15) is 0 Å². The second kappa shape index (κ2) is 9.99. The molecule has 26 heavy (non-hydrogen) atoms. The van der Waals surface area contributed by atoms with Crippen LogP contribution in [-0.2, 0) is 19.6 Å². The number of nitrogens with one attached hydrogen (secondary N) is 2. The molecular weight excluding hydrogens is 328 g/mol. The van der Waals surface area contributed by atoms with Crippen molar-refractivity contribution in [2.75, 3.05) is 7.05 Å². The Morgan fingerprint density at radius 3 is 2.62 bits per heavy atom. The highest BCUT2D eigenvalue weighted by Gasteiger charge is 2.13. The van der Waals surface area contributed by atoms with Crippen LogP contribution in [0.25, 0.3) is 0 Å². The molecule has 0 amide bonds. The Morgan fingerprint density at radius 2 is 1.96 bits per heavy atom. The molecule has 2 aromatic heterocycles. The second-order valence-electron chi connectivity index (χ2n) is 6.90. The first-order chi connectivity index (χ1) is 12.6. The van der Waals surface area contributed by atoms with Gasteiger partial charge in [0.25, 0.3) is 0 Å². The minimum atomic E-state index is 0.463. The number of aliphatic imine (C=N–C) groups is 1. The Morgan fingerprint density at radius 1 is 1.23 bits per heavy atom. The van der Waals surface area contributed by atoms with E-state index < -0.39 is 0 Å². The van der Waals surface area contributed by atoms with Gasteiger partial charge < -0.3 is 19.7 Å². The molecule has 0 spiro atoms. The first kappa shape index (κ1) is 20.0. The molecule has 0 aliphatic carbocycles. The van der Waals surface area contributed by atoms with Gasteiger partial charge in [-0.15, -0.1) is 0 Å². The van der Waals surface area contributed by atoms with Crippen molar-refractivity contribution < 1.29 is 4.52 Å². The minimum Gasteiger partial charge on any atom is -0.359 e. The van der Waals surface area contributed by atoms with Crippen LogP contribution in [0.5, 0.6) is 0 Å². The van der Waals surface area contributed by atoms with Gasteiger partial charge in [0, 0.05) is 38.0 Å². The van der Waals surface area contributed by atoms with E-state index in [1.807, 2.05) is 18.5 Å². The van der Waals surface area contributed by atoms with Crippen molar-refractivity contribution in [3.05, 3.63) is 35.7 Å². The fraction of sp³-hybridized carbons (Fsp3) is 0.632. The molecule has 0 bridgehead atoms. The Bertz CT molecular complexity index is 684. The number of rotatable bonds is 9. The molecule has 7 heteroatoms. The summed E-state index contributed by atoms with van der Waals surface area (Å²) in [7, 11) is 1.76. The van der Waals surface area contributed by atoms with Crippen LogP contribution in [0, 0.1) is 5.92 Å². The third-order valence-electron chi connectivity index (χ3n) is 4.41. The van der Waals surface area contributed by atoms with Gasteiger partial charge in [0.2, 0.25) is 0 Å². The largest absolute Gasteiger partial charge is 0.359 e. The van der Waals surface area contributed by atoms with Crippen LogP contribution in [0.1, 0.15) is 63.7 Å². The lowest BCUT2D eigenvalue weighted by molar-refractivity contribution is 0.368. The van der Waals surface area contributed by atoms with Gasteiger partial charge in [-0.3, -0.25) is 4.99 Å². The lowest BCUT2D eigenvalue weighted by atomic mass is 9.99. The van der Waals surface area contributed by atoms with Crippen LogP contribution in [0.3, 0.4) is 0 Å². The van der Waals surface area contributed by atoms with Crippen LogP contribution in [-0.4, -0.2) is 27.7 Å². The van der Waals surface area contributed by atoms with Crippen LogP contribution >= 0.6 is 0 Å². The lowest BCUT2D eigenvalue weighted by Crippen LogP contribution is -2.37. The molecule has 0 atom stereocenters. The highest BCUT2D eigenvalue weighted by atomic mass is 16.5. The summed E-state index contributed by atoms with van der Waals surface area (Å²) in [6.07, 6.45) is 5.99. The van der Waals surface area contributed by atoms with E-state index in [1.165, 1.54) is 0 Å². The summed E-state index contributed by atoms with van der Waals surface area (Å²) < 4.78 is 7.62. The van der Waals surface area contributed by atoms with E-state index in [2.05, 4.69) is 58.0 Å². The third kappa shape index (κ3) is 5.61. The van der Waals surface area contributed by atoms with E-state index in [-0.39, 0.29) is 0 Å². The molecule has 0 saturated carbocycles. The van der Waals surface area contributed by atoms with Gasteiger partial charge >= 0.3 is 0 Å².